The Hall–Kier alpha value is -0.900. The predicted molar refractivity (Wildman–Crippen MR) is 42.6 cm³/mol. The first-order valence-corrected chi connectivity index (χ1v) is 3.89. The van der Waals surface area contributed by atoms with Crippen LogP contribution in [0.3, 0.4) is 0 Å². The molecule has 0 saturated heterocycles. The molecule has 1 atom stereocenters. The number of esters is 1. The molecule has 0 spiro atoms. The van der Waals surface area contributed by atoms with Crippen molar-refractivity contribution in [3.05, 3.63) is 0 Å². The molecule has 0 fully saturated rings. The zero-order chi connectivity index (χ0) is 9.78. The molecule has 0 heterocycles. The van der Waals surface area contributed by atoms with Crippen molar-refractivity contribution in [2.75, 3.05) is 6.61 Å². The lowest BCUT2D eigenvalue weighted by Gasteiger charge is -2.20. The molecule has 0 bridgehead atoms. The van der Waals surface area contributed by atoms with Crippen LogP contribution in [0.2, 0.25) is 0 Å². The van der Waals surface area contributed by atoms with E-state index in [1.807, 2.05) is 0 Å². The van der Waals surface area contributed by atoms with Crippen LogP contribution in [0.1, 0.15) is 27.2 Å². The van der Waals surface area contributed by atoms with E-state index in [1.165, 1.54) is 6.92 Å². The van der Waals surface area contributed by atoms with E-state index in [-0.39, 0.29) is 13.0 Å². The van der Waals surface area contributed by atoms with Crippen molar-refractivity contribution in [3.63, 3.8) is 0 Å². The summed E-state index contributed by atoms with van der Waals surface area (Å²) < 4.78 is 4.55. The van der Waals surface area contributed by atoms with Crippen LogP contribution in [0.25, 0.3) is 0 Å². The normalized spacial score (nSPS) is 15.0. The molecule has 0 aliphatic rings. The molecule has 0 saturated carbocycles. The largest absolute Gasteiger partial charge is 0.464 e. The number of ether oxygens (including phenoxy) is 1. The number of rotatable bonds is 4. The highest BCUT2D eigenvalue weighted by molar-refractivity contribution is 6.05. The highest BCUT2D eigenvalue weighted by atomic mass is 16.5. The minimum Gasteiger partial charge on any atom is -0.464 e. The zero-order valence-corrected chi connectivity index (χ0v) is 7.59. The van der Waals surface area contributed by atoms with Gasteiger partial charge in [0.1, 0.15) is 0 Å². The summed E-state index contributed by atoms with van der Waals surface area (Å²) in [6.45, 7) is 4.50. The molecule has 0 aromatic heterocycles. The molecule has 70 valence electrons. The quantitative estimate of drug-likeness (QED) is 0.491. The summed E-state index contributed by atoms with van der Waals surface area (Å²) in [6, 6.07) is 0. The monoisotopic (exact) mass is 174 g/mol. The molecule has 12 heavy (non-hydrogen) atoms. The fourth-order valence-electron chi connectivity index (χ4n) is 0.787. The molecule has 1 unspecified atom stereocenters. The van der Waals surface area contributed by atoms with Gasteiger partial charge < -0.3 is 9.84 Å². The summed E-state index contributed by atoms with van der Waals surface area (Å²) >= 11 is 0. The van der Waals surface area contributed by atoms with E-state index in [0.29, 0.717) is 0 Å². The van der Waals surface area contributed by atoms with E-state index in [9.17, 15) is 14.7 Å². The SMILES string of the molecule is CCOC(=O)C(O)(CC)C(C)=O. The van der Waals surface area contributed by atoms with Gasteiger partial charge in [-0.2, -0.15) is 0 Å². The first-order valence-electron chi connectivity index (χ1n) is 3.89. The molecule has 0 amide bonds. The molecule has 4 nitrogen and oxygen atoms in total. The third-order valence-electron chi connectivity index (χ3n) is 1.71. The van der Waals surface area contributed by atoms with Crippen LogP contribution in [0.15, 0.2) is 0 Å². The van der Waals surface area contributed by atoms with E-state index >= 15 is 0 Å². The third kappa shape index (κ3) is 2.04. The van der Waals surface area contributed by atoms with Crippen LogP contribution in [-0.2, 0) is 14.3 Å². The molecule has 0 aliphatic heterocycles. The minimum absolute atomic E-state index is 0.0428. The van der Waals surface area contributed by atoms with Crippen LogP contribution >= 0.6 is 0 Å². The van der Waals surface area contributed by atoms with Gasteiger partial charge in [-0.05, 0) is 20.3 Å². The van der Waals surface area contributed by atoms with Crippen LogP contribution in [0.5, 0.6) is 0 Å². The standard InChI is InChI=1S/C8H14O4/c1-4-8(11,6(3)9)7(10)12-5-2/h11H,4-5H2,1-3H3. The molecular formula is C8H14O4. The third-order valence-corrected chi connectivity index (χ3v) is 1.71. The summed E-state index contributed by atoms with van der Waals surface area (Å²) in [5, 5.41) is 9.47. The molecular weight excluding hydrogens is 160 g/mol. The summed E-state index contributed by atoms with van der Waals surface area (Å²) in [7, 11) is 0. The van der Waals surface area contributed by atoms with Gasteiger partial charge in [0.25, 0.3) is 0 Å². The van der Waals surface area contributed by atoms with Gasteiger partial charge in [-0.25, -0.2) is 4.79 Å². The lowest BCUT2D eigenvalue weighted by Crippen LogP contribution is -2.45. The Morgan fingerprint density at radius 3 is 2.17 bits per heavy atom. The Bertz CT molecular complexity index is 187. The van der Waals surface area contributed by atoms with Crippen molar-refractivity contribution in [2.45, 2.75) is 32.8 Å². The van der Waals surface area contributed by atoms with Crippen molar-refractivity contribution in [2.24, 2.45) is 0 Å². The Morgan fingerprint density at radius 2 is 1.92 bits per heavy atom. The maximum Gasteiger partial charge on any atom is 0.345 e. The number of Topliss-reactive ketones (excluding diaryl/α,β-unsaturated/α-hetero) is 1. The van der Waals surface area contributed by atoms with Gasteiger partial charge in [0.2, 0.25) is 5.60 Å². The second kappa shape index (κ2) is 4.21. The molecule has 0 radical (unpaired) electrons. The number of aliphatic hydroxyl groups is 1. The summed E-state index contributed by atoms with van der Waals surface area (Å²) in [6.07, 6.45) is 0.0428. The fraction of sp³-hybridized carbons (Fsp3) is 0.750. The van der Waals surface area contributed by atoms with Gasteiger partial charge >= 0.3 is 5.97 Å². The lowest BCUT2D eigenvalue weighted by atomic mass is 9.97. The average molecular weight is 174 g/mol. The fourth-order valence-corrected chi connectivity index (χ4v) is 0.787. The maximum absolute atomic E-state index is 11.0. The summed E-state index contributed by atoms with van der Waals surface area (Å²) in [4.78, 5) is 21.9. The van der Waals surface area contributed by atoms with Crippen molar-refractivity contribution in [3.8, 4) is 0 Å². The molecule has 0 aromatic rings. The molecule has 0 aromatic carbocycles. The lowest BCUT2D eigenvalue weighted by molar-refractivity contribution is -0.169. The number of hydrogen-bond acceptors (Lipinski definition) is 4. The molecule has 4 heteroatoms. The van der Waals surface area contributed by atoms with E-state index in [1.54, 1.807) is 13.8 Å². The highest BCUT2D eigenvalue weighted by Gasteiger charge is 2.40. The van der Waals surface area contributed by atoms with Gasteiger partial charge in [0, 0.05) is 0 Å². The zero-order valence-electron chi connectivity index (χ0n) is 7.59. The second-order valence-electron chi connectivity index (χ2n) is 2.49. The second-order valence-corrected chi connectivity index (χ2v) is 2.49. The molecule has 0 aliphatic carbocycles. The van der Waals surface area contributed by atoms with Gasteiger partial charge in [-0.1, -0.05) is 6.92 Å². The summed E-state index contributed by atoms with van der Waals surface area (Å²) in [5.74, 6) is -1.44. The van der Waals surface area contributed by atoms with Gasteiger partial charge in [0.05, 0.1) is 6.61 Å². The van der Waals surface area contributed by atoms with Crippen molar-refractivity contribution >= 4 is 11.8 Å². The number of ketones is 1. The van der Waals surface area contributed by atoms with E-state index in [0.717, 1.165) is 0 Å². The topological polar surface area (TPSA) is 63.6 Å². The van der Waals surface area contributed by atoms with Gasteiger partial charge in [-0.15, -0.1) is 0 Å². The predicted octanol–water partition coefficient (Wildman–Crippen LogP) is 0.280. The van der Waals surface area contributed by atoms with E-state index in [4.69, 9.17) is 0 Å². The maximum atomic E-state index is 11.0. The van der Waals surface area contributed by atoms with Crippen LogP contribution in [-0.4, -0.2) is 29.1 Å². The van der Waals surface area contributed by atoms with E-state index < -0.39 is 17.4 Å². The van der Waals surface area contributed by atoms with Crippen LogP contribution < -0.4 is 0 Å². The van der Waals surface area contributed by atoms with Gasteiger partial charge in [0.15, 0.2) is 5.78 Å². The first-order chi connectivity index (χ1) is 5.49. The van der Waals surface area contributed by atoms with Crippen LogP contribution in [0, 0.1) is 0 Å². The van der Waals surface area contributed by atoms with Gasteiger partial charge in [-0.3, -0.25) is 4.79 Å². The first kappa shape index (κ1) is 11.1. The Kier molecular flexibility index (Phi) is 3.89. The van der Waals surface area contributed by atoms with E-state index in [2.05, 4.69) is 4.74 Å². The number of hydrogen-bond donors (Lipinski definition) is 1. The Morgan fingerprint density at radius 1 is 1.42 bits per heavy atom. The summed E-state index contributed by atoms with van der Waals surface area (Å²) in [5.41, 5.74) is -1.95. The van der Waals surface area contributed by atoms with Crippen molar-refractivity contribution < 1.29 is 19.4 Å². The molecule has 0 rings (SSSR count). The Balaban J connectivity index is 4.52. The number of carbonyl (C=O) groups excluding carboxylic acids is 2. The van der Waals surface area contributed by atoms with Crippen molar-refractivity contribution in [1.82, 2.24) is 0 Å². The highest BCUT2D eigenvalue weighted by Crippen LogP contribution is 2.13. The average Bonchev–Trinajstić information content (AvgIpc) is 2.03. The minimum atomic E-state index is -1.95. The van der Waals surface area contributed by atoms with Crippen LogP contribution in [0.4, 0.5) is 0 Å². The molecule has 1 N–H and O–H groups in total. The van der Waals surface area contributed by atoms with Crippen molar-refractivity contribution in [1.29, 1.82) is 0 Å². The number of carbonyl (C=O) groups is 2. The Labute approximate surface area is 71.5 Å². The smallest absolute Gasteiger partial charge is 0.345 e.